The second-order valence-corrected chi connectivity index (χ2v) is 19.3. The third-order valence-electron chi connectivity index (χ3n) is 16.0. The first-order valence-electron chi connectivity index (χ1n) is 22.4. The van der Waals surface area contributed by atoms with Crippen LogP contribution in [0.2, 0.25) is 0 Å². The van der Waals surface area contributed by atoms with Gasteiger partial charge in [-0.25, -0.2) is 0 Å². The van der Waals surface area contributed by atoms with Gasteiger partial charge in [0.05, 0.1) is 0 Å². The molecule has 0 N–H and O–H groups in total. The summed E-state index contributed by atoms with van der Waals surface area (Å²) in [4.78, 5) is 2.54. The molecule has 0 aromatic heterocycles. The highest BCUT2D eigenvalue weighted by atomic mass is 15.1. The zero-order chi connectivity index (χ0) is 39.7. The van der Waals surface area contributed by atoms with Crippen molar-refractivity contribution in [2.24, 2.45) is 23.7 Å². The Kier molecular flexibility index (Phi) is 7.32. The second kappa shape index (κ2) is 12.7. The summed E-state index contributed by atoms with van der Waals surface area (Å²) in [5.41, 5.74) is 20.3. The number of anilines is 3. The minimum absolute atomic E-state index is 0.0948. The van der Waals surface area contributed by atoms with E-state index in [-0.39, 0.29) is 10.8 Å². The molecule has 0 saturated heterocycles. The average Bonchev–Trinajstić information content (AvgIpc) is 3.70. The van der Waals surface area contributed by atoms with E-state index in [1.54, 1.807) is 11.1 Å². The number of rotatable bonds is 5. The molecule has 0 heterocycles. The summed E-state index contributed by atoms with van der Waals surface area (Å²) in [6, 6.07) is 67.2. The van der Waals surface area contributed by atoms with Crippen LogP contribution in [0.25, 0.3) is 55.3 Å². The van der Waals surface area contributed by atoms with E-state index < -0.39 is 0 Å². The molecule has 60 heavy (non-hydrogen) atoms. The van der Waals surface area contributed by atoms with Crippen molar-refractivity contribution in [2.75, 3.05) is 4.90 Å². The second-order valence-electron chi connectivity index (χ2n) is 19.3. The third kappa shape index (κ3) is 4.81. The van der Waals surface area contributed by atoms with Crippen molar-refractivity contribution in [1.82, 2.24) is 0 Å². The zero-order valence-electron chi connectivity index (χ0n) is 34.5. The summed E-state index contributed by atoms with van der Waals surface area (Å²) in [6.45, 7) is 4.79. The molecule has 4 saturated carbocycles. The van der Waals surface area contributed by atoms with Gasteiger partial charge < -0.3 is 4.90 Å². The van der Waals surface area contributed by atoms with Crippen LogP contribution < -0.4 is 4.90 Å². The van der Waals surface area contributed by atoms with Gasteiger partial charge in [-0.15, -0.1) is 0 Å². The van der Waals surface area contributed by atoms with Crippen LogP contribution in [0.1, 0.15) is 68.2 Å². The monoisotopic (exact) mass is 771 g/mol. The van der Waals surface area contributed by atoms with Gasteiger partial charge in [0, 0.05) is 27.9 Å². The van der Waals surface area contributed by atoms with Crippen molar-refractivity contribution >= 4 is 27.8 Å². The first-order valence-corrected chi connectivity index (χ1v) is 22.4. The smallest absolute Gasteiger partial charge is 0.0468 e. The van der Waals surface area contributed by atoms with E-state index in [1.165, 1.54) is 116 Å². The molecule has 1 nitrogen and oxygen atoms in total. The van der Waals surface area contributed by atoms with Crippen LogP contribution in [0, 0.1) is 23.7 Å². The van der Waals surface area contributed by atoms with Crippen molar-refractivity contribution < 1.29 is 0 Å². The largest absolute Gasteiger partial charge is 0.310 e. The summed E-state index contributed by atoms with van der Waals surface area (Å²) in [6.07, 6.45) is 7.01. The molecule has 8 aromatic rings. The van der Waals surface area contributed by atoms with Gasteiger partial charge in [-0.3, -0.25) is 0 Å². The molecule has 4 fully saturated rings. The van der Waals surface area contributed by atoms with E-state index in [1.807, 2.05) is 0 Å². The fraction of sp³-hybridized carbons (Fsp3) is 0.220. The molecule has 0 amide bonds. The van der Waals surface area contributed by atoms with Crippen LogP contribution in [0.4, 0.5) is 17.1 Å². The van der Waals surface area contributed by atoms with E-state index in [4.69, 9.17) is 0 Å². The maximum absolute atomic E-state index is 2.58. The Morgan fingerprint density at radius 3 is 1.77 bits per heavy atom. The van der Waals surface area contributed by atoms with Crippen molar-refractivity contribution in [3.63, 3.8) is 0 Å². The Bertz CT molecular complexity index is 2990. The Hall–Kier alpha value is -6.18. The van der Waals surface area contributed by atoms with E-state index in [9.17, 15) is 0 Å². The minimum atomic E-state index is -0.0948. The molecule has 6 aliphatic carbocycles. The first-order chi connectivity index (χ1) is 29.4. The average molecular weight is 772 g/mol. The summed E-state index contributed by atoms with van der Waals surface area (Å²) < 4.78 is 0. The van der Waals surface area contributed by atoms with Gasteiger partial charge in [0.2, 0.25) is 0 Å². The SMILES string of the molecule is CC1(C)c2ccccc2-c2ccc(N(c3ccc(-c4cccc5ccccc45)cc3)c3ccc4c(c3)-c3cc(-c5ccccc5)ccc3C43C4CC5CC(C4)CC3C5)cc21. The lowest BCUT2D eigenvalue weighted by Gasteiger charge is -2.61. The summed E-state index contributed by atoms with van der Waals surface area (Å²) in [5, 5.41) is 2.56. The first kappa shape index (κ1) is 34.7. The lowest BCUT2D eigenvalue weighted by molar-refractivity contribution is -0.0399. The van der Waals surface area contributed by atoms with E-state index in [0.29, 0.717) is 0 Å². The molecule has 14 rings (SSSR count). The molecule has 4 bridgehead atoms. The molecule has 1 spiro atoms. The highest BCUT2D eigenvalue weighted by Gasteiger charge is 2.61. The van der Waals surface area contributed by atoms with Crippen LogP contribution in [-0.4, -0.2) is 0 Å². The van der Waals surface area contributed by atoms with E-state index >= 15 is 0 Å². The molecule has 0 atom stereocenters. The normalized spacial score (nSPS) is 23.4. The third-order valence-corrected chi connectivity index (χ3v) is 16.0. The number of fused-ring (bicyclic) bond motifs is 7. The number of benzene rings is 8. The van der Waals surface area contributed by atoms with Gasteiger partial charge in [0.15, 0.2) is 0 Å². The molecule has 6 aliphatic rings. The molecule has 0 unspecified atom stereocenters. The molecule has 0 radical (unpaired) electrons. The lowest BCUT2D eigenvalue weighted by atomic mass is 9.43. The Morgan fingerprint density at radius 2 is 0.967 bits per heavy atom. The predicted octanol–water partition coefficient (Wildman–Crippen LogP) is 15.7. The van der Waals surface area contributed by atoms with Crippen molar-refractivity contribution in [1.29, 1.82) is 0 Å². The standard InChI is InChI=1S/C59H49N/c1-58(2)54-18-9-8-16-50(54)51-26-24-47(36-57(51)58)60(45-22-19-41(20-23-45)49-17-10-14-40-13-6-7-15-48(40)49)46-25-28-56-53(35-46)52-34-42(39-11-4-3-5-12-39)21-27-55(52)59(56)43-30-37-29-38(32-43)33-44(59)31-37/h3-28,34-38,43-44H,29-33H2,1-2H3. The summed E-state index contributed by atoms with van der Waals surface area (Å²) in [7, 11) is 0. The van der Waals surface area contributed by atoms with E-state index in [0.717, 1.165) is 23.7 Å². The van der Waals surface area contributed by atoms with Crippen molar-refractivity contribution in [2.45, 2.75) is 56.8 Å². The Morgan fingerprint density at radius 1 is 0.383 bits per heavy atom. The summed E-state index contributed by atoms with van der Waals surface area (Å²) >= 11 is 0. The van der Waals surface area contributed by atoms with Crippen LogP contribution in [0.15, 0.2) is 176 Å². The van der Waals surface area contributed by atoms with Crippen LogP contribution in [0.3, 0.4) is 0 Å². The molecule has 290 valence electrons. The summed E-state index contributed by atoms with van der Waals surface area (Å²) in [5.74, 6) is 3.27. The number of hydrogen-bond acceptors (Lipinski definition) is 1. The van der Waals surface area contributed by atoms with Gasteiger partial charge in [0.1, 0.15) is 0 Å². The topological polar surface area (TPSA) is 3.24 Å². The van der Waals surface area contributed by atoms with Crippen molar-refractivity contribution in [3.8, 4) is 44.5 Å². The fourth-order valence-electron chi connectivity index (χ4n) is 13.7. The fourth-order valence-corrected chi connectivity index (χ4v) is 13.7. The quantitative estimate of drug-likeness (QED) is 0.168. The van der Waals surface area contributed by atoms with Gasteiger partial charge >= 0.3 is 0 Å². The maximum Gasteiger partial charge on any atom is 0.0468 e. The zero-order valence-corrected chi connectivity index (χ0v) is 34.5. The molecule has 0 aliphatic heterocycles. The highest BCUT2D eigenvalue weighted by molar-refractivity contribution is 5.97. The van der Waals surface area contributed by atoms with E-state index in [2.05, 4.69) is 195 Å². The number of hydrogen-bond donors (Lipinski definition) is 0. The maximum atomic E-state index is 2.58. The van der Waals surface area contributed by atoms with Gasteiger partial charge in [-0.2, -0.15) is 0 Å². The van der Waals surface area contributed by atoms with Gasteiger partial charge in [0.25, 0.3) is 0 Å². The lowest BCUT2D eigenvalue weighted by Crippen LogP contribution is -2.55. The Balaban J connectivity index is 1.00. The predicted molar refractivity (Wildman–Crippen MR) is 250 cm³/mol. The molecular formula is C59H49N. The molecule has 1 heteroatoms. The highest BCUT2D eigenvalue weighted by Crippen LogP contribution is 2.70. The Labute approximate surface area is 354 Å². The minimum Gasteiger partial charge on any atom is -0.310 e. The van der Waals surface area contributed by atoms with Gasteiger partial charge in [-0.1, -0.05) is 147 Å². The number of nitrogens with zero attached hydrogens (tertiary/aromatic N) is 1. The van der Waals surface area contributed by atoms with Crippen LogP contribution in [0.5, 0.6) is 0 Å². The van der Waals surface area contributed by atoms with Crippen LogP contribution >= 0.6 is 0 Å². The van der Waals surface area contributed by atoms with Crippen molar-refractivity contribution in [3.05, 3.63) is 198 Å². The van der Waals surface area contributed by atoms with Crippen LogP contribution in [-0.2, 0) is 10.8 Å². The molecular weight excluding hydrogens is 723 g/mol. The van der Waals surface area contributed by atoms with Gasteiger partial charge in [-0.05, 0) is 176 Å². The molecule has 8 aromatic carbocycles.